The highest BCUT2D eigenvalue weighted by molar-refractivity contribution is 7.00. The predicted molar refractivity (Wildman–Crippen MR) is 461 cm³/mol. The molecule has 0 unspecified atom stereocenters. The van der Waals surface area contributed by atoms with Crippen molar-refractivity contribution in [3.8, 4) is 130 Å². The Labute approximate surface area is 649 Å². The molecule has 0 amide bonds. The number of anilines is 6. The van der Waals surface area contributed by atoms with Gasteiger partial charge in [0.2, 0.25) is 0 Å². The highest BCUT2D eigenvalue weighted by Crippen LogP contribution is 2.49. The van der Waals surface area contributed by atoms with Crippen LogP contribution in [0.1, 0.15) is 0 Å². The molecule has 112 heavy (non-hydrogen) atoms. The van der Waals surface area contributed by atoms with Gasteiger partial charge in [0.1, 0.15) is 0 Å². The summed E-state index contributed by atoms with van der Waals surface area (Å²) < 4.78 is 2.38. The van der Waals surface area contributed by atoms with E-state index in [9.17, 15) is 0 Å². The smallest absolute Gasteiger partial charge is 0.252 e. The molecule has 2 aliphatic heterocycles. The lowest BCUT2D eigenvalue weighted by Gasteiger charge is -2.44. The maximum atomic E-state index is 5.47. The van der Waals surface area contributed by atoms with Crippen molar-refractivity contribution in [2.45, 2.75) is 0 Å². The van der Waals surface area contributed by atoms with Crippen LogP contribution in [0.25, 0.3) is 151 Å². The number of rotatable bonds is 14. The van der Waals surface area contributed by atoms with Crippen LogP contribution >= 0.6 is 0 Å². The highest BCUT2D eigenvalue weighted by Gasteiger charge is 2.44. The van der Waals surface area contributed by atoms with Crippen LogP contribution < -0.4 is 26.2 Å². The number of fused-ring (bicyclic) bond motifs is 7. The fourth-order valence-corrected chi connectivity index (χ4v) is 16.5. The van der Waals surface area contributed by atoms with Gasteiger partial charge in [0.15, 0.2) is 34.9 Å². The summed E-state index contributed by atoms with van der Waals surface area (Å²) >= 11 is 0. The Morgan fingerprint density at radius 2 is 0.491 bits per heavy atom. The molecule has 2 aliphatic rings. The zero-order chi connectivity index (χ0) is 74.0. The van der Waals surface area contributed by atoms with Crippen molar-refractivity contribution in [1.29, 1.82) is 0 Å². The van der Waals surface area contributed by atoms with E-state index >= 15 is 0 Å². The molecule has 0 fully saturated rings. The predicted octanol–water partition coefficient (Wildman–Crippen LogP) is 23.6. The molecule has 0 bridgehead atoms. The lowest BCUT2D eigenvalue weighted by molar-refractivity contribution is 1.06. The third kappa shape index (κ3) is 11.7. The molecule has 0 spiro atoms. The van der Waals surface area contributed by atoms with Gasteiger partial charge in [0.25, 0.3) is 6.71 Å². The summed E-state index contributed by atoms with van der Waals surface area (Å²) in [6.07, 6.45) is 0. The zero-order valence-corrected chi connectivity index (χ0v) is 60.7. The Morgan fingerprint density at radius 1 is 0.188 bits per heavy atom. The second kappa shape index (κ2) is 27.7. The van der Waals surface area contributed by atoms with Gasteiger partial charge in [-0.15, -0.1) is 0 Å². The summed E-state index contributed by atoms with van der Waals surface area (Å²) in [6.45, 7) is -0.184. The van der Waals surface area contributed by atoms with Crippen LogP contribution in [0.5, 0.6) is 0 Å². The molecule has 0 aliphatic carbocycles. The highest BCUT2D eigenvalue weighted by atomic mass is 15.2. The van der Waals surface area contributed by atoms with Crippen molar-refractivity contribution in [3.05, 3.63) is 400 Å². The average molecular weight is 1430 g/mol. The maximum Gasteiger partial charge on any atom is 0.252 e. The molecule has 9 nitrogen and oxygen atoms in total. The molecule has 16 aromatic carbocycles. The molecule has 522 valence electrons. The van der Waals surface area contributed by atoms with Gasteiger partial charge in [-0.05, 0) is 157 Å². The van der Waals surface area contributed by atoms with Crippen LogP contribution in [0.2, 0.25) is 0 Å². The first-order valence-corrected chi connectivity index (χ1v) is 37.9. The van der Waals surface area contributed by atoms with Crippen LogP contribution in [0.15, 0.2) is 400 Å². The van der Waals surface area contributed by atoms with E-state index in [2.05, 4.69) is 318 Å². The number of benzene rings is 16. The number of para-hydroxylation sites is 1. The molecule has 10 heteroatoms. The van der Waals surface area contributed by atoms with Crippen LogP contribution in [0.4, 0.5) is 34.1 Å². The van der Waals surface area contributed by atoms with Crippen LogP contribution in [-0.2, 0) is 0 Å². The Kier molecular flexibility index (Phi) is 16.1. The Morgan fingerprint density at radius 3 is 0.911 bits per heavy atom. The van der Waals surface area contributed by atoms with Crippen molar-refractivity contribution >= 4 is 79.0 Å². The first-order chi connectivity index (χ1) is 55.5. The van der Waals surface area contributed by atoms with Crippen molar-refractivity contribution in [1.82, 2.24) is 34.5 Å². The summed E-state index contributed by atoms with van der Waals surface area (Å²) in [5.41, 5.74) is 29.6. The third-order valence-corrected chi connectivity index (χ3v) is 21.9. The minimum absolute atomic E-state index is 0.184. The number of aromatic nitrogens is 7. The quantitative estimate of drug-likeness (QED) is 0.0995. The largest absolute Gasteiger partial charge is 0.311 e. The SMILES string of the molecule is c1ccc(-c2ccc(N3c4ccc(-c5ccccc5)cc4B4c5cc(-c6ccccc6)ccc5N(c5ccc(-c6ccccc6)cc5)c5cc(-c6ccc7c(c6)c6ccccc6n7-c6ccc(-c7nc(-c8ccccc8)nc(-c8ccccc8)n7)cc6-c6nc(-c7ccccc7)nc(-c7ccccc7)n6)cc3c54)cc2)cc1. The summed E-state index contributed by atoms with van der Waals surface area (Å²) in [5, 5.41) is 2.16. The van der Waals surface area contributed by atoms with Gasteiger partial charge in [-0.25, -0.2) is 29.9 Å². The van der Waals surface area contributed by atoms with E-state index in [1.165, 1.54) is 38.6 Å². The molecule has 0 radical (unpaired) electrons. The molecular weight excluding hydrogens is 1360 g/mol. The number of hydrogen-bond acceptors (Lipinski definition) is 8. The Bertz CT molecular complexity index is 6460. The number of nitrogens with zero attached hydrogens (tertiary/aromatic N) is 9. The molecule has 19 aromatic rings. The standard InChI is InChI=1S/C102H66BN9/c1-9-27-67(28-10-1)71-45-53-82(54-46-71)110-92-59-50-78(69-31-13-3-14-32-69)63-87(92)103-88-64-79(70-33-15-4-16-34-70)51-60-93(88)111(83-55-47-72(48-56-83)68-29-11-2-12-30-68)95-66-81(65-94(110)96(95)103)77-49-57-90-85(61-77)84-43-25-26-44-89(84)112(90)91-58-52-80(101-106-97(73-35-17-5-18-36-73)104-98(107-101)74-37-19-6-20-38-74)62-86(91)102-108-99(75-39-21-7-22-40-75)105-100(109-102)76-41-23-8-24-42-76/h1-66H. The molecule has 21 rings (SSSR count). The second-order valence-electron chi connectivity index (χ2n) is 28.5. The van der Waals surface area contributed by atoms with Gasteiger partial charge in [0, 0.05) is 78.3 Å². The Hall–Kier alpha value is -15.0. The molecule has 0 saturated carbocycles. The average Bonchev–Trinajstić information content (AvgIpc) is 0.801. The molecule has 5 heterocycles. The lowest BCUT2D eigenvalue weighted by Crippen LogP contribution is -2.61. The topological polar surface area (TPSA) is 88.8 Å². The van der Waals surface area contributed by atoms with Crippen molar-refractivity contribution in [3.63, 3.8) is 0 Å². The van der Waals surface area contributed by atoms with Gasteiger partial charge in [0.05, 0.1) is 16.7 Å². The van der Waals surface area contributed by atoms with E-state index in [0.717, 1.165) is 128 Å². The summed E-state index contributed by atoms with van der Waals surface area (Å²) in [6, 6.07) is 143. The summed E-state index contributed by atoms with van der Waals surface area (Å²) in [5.74, 6) is 3.22. The van der Waals surface area contributed by atoms with Crippen molar-refractivity contribution < 1.29 is 0 Å². The van der Waals surface area contributed by atoms with Gasteiger partial charge in [-0.2, -0.15) is 0 Å². The van der Waals surface area contributed by atoms with E-state index in [0.29, 0.717) is 34.9 Å². The lowest BCUT2D eigenvalue weighted by atomic mass is 9.33. The van der Waals surface area contributed by atoms with Gasteiger partial charge >= 0.3 is 0 Å². The van der Waals surface area contributed by atoms with Crippen molar-refractivity contribution in [2.75, 3.05) is 9.80 Å². The molecular formula is C102H66BN9. The minimum atomic E-state index is -0.184. The normalized spacial score (nSPS) is 12.1. The molecule has 0 atom stereocenters. The van der Waals surface area contributed by atoms with E-state index in [4.69, 9.17) is 29.9 Å². The fourth-order valence-electron chi connectivity index (χ4n) is 16.5. The fraction of sp³-hybridized carbons (Fsp3) is 0. The molecule has 0 saturated heterocycles. The van der Waals surface area contributed by atoms with E-state index < -0.39 is 0 Å². The van der Waals surface area contributed by atoms with Gasteiger partial charge in [-0.1, -0.05) is 315 Å². The van der Waals surface area contributed by atoms with Crippen molar-refractivity contribution in [2.24, 2.45) is 0 Å². The Balaban J connectivity index is 0.803. The maximum absolute atomic E-state index is 5.47. The first-order valence-electron chi connectivity index (χ1n) is 37.9. The minimum Gasteiger partial charge on any atom is -0.311 e. The summed E-state index contributed by atoms with van der Waals surface area (Å²) in [7, 11) is 0. The zero-order valence-electron chi connectivity index (χ0n) is 60.7. The van der Waals surface area contributed by atoms with Crippen LogP contribution in [0, 0.1) is 0 Å². The van der Waals surface area contributed by atoms with E-state index in [-0.39, 0.29) is 6.71 Å². The van der Waals surface area contributed by atoms with Crippen LogP contribution in [-0.4, -0.2) is 41.2 Å². The van der Waals surface area contributed by atoms with E-state index in [1.54, 1.807) is 0 Å². The molecule has 0 N–H and O–H groups in total. The van der Waals surface area contributed by atoms with E-state index in [1.807, 2.05) is 97.1 Å². The van der Waals surface area contributed by atoms with Gasteiger partial charge < -0.3 is 14.4 Å². The first kappa shape index (κ1) is 65.3. The number of hydrogen-bond donors (Lipinski definition) is 0. The third-order valence-electron chi connectivity index (χ3n) is 21.9. The van der Waals surface area contributed by atoms with Crippen LogP contribution in [0.3, 0.4) is 0 Å². The monoisotopic (exact) mass is 1430 g/mol. The molecule has 3 aromatic heterocycles. The van der Waals surface area contributed by atoms with Gasteiger partial charge in [-0.3, -0.25) is 0 Å². The summed E-state index contributed by atoms with van der Waals surface area (Å²) in [4.78, 5) is 36.9. The second-order valence-corrected chi connectivity index (χ2v) is 28.5.